The number of hydrogen-bond acceptors (Lipinski definition) is 3. The lowest BCUT2D eigenvalue weighted by molar-refractivity contribution is 0.0913. The average Bonchev–Trinajstić information content (AvgIpc) is 2.33. The van der Waals surface area contributed by atoms with Gasteiger partial charge in [0.05, 0.1) is 6.61 Å². The Morgan fingerprint density at radius 3 is 2.72 bits per heavy atom. The minimum atomic E-state index is 0.0350. The van der Waals surface area contributed by atoms with E-state index in [0.29, 0.717) is 6.61 Å². The molecule has 1 aromatic rings. The highest BCUT2D eigenvalue weighted by Gasteiger charge is 2.11. The van der Waals surface area contributed by atoms with Gasteiger partial charge in [0.2, 0.25) is 0 Å². The third-order valence-electron chi connectivity index (χ3n) is 2.76. The summed E-state index contributed by atoms with van der Waals surface area (Å²) >= 11 is 3.48. The zero-order chi connectivity index (χ0) is 13.5. The molecule has 0 heterocycles. The number of methoxy groups -OCH3 is 1. The zero-order valence-electron chi connectivity index (χ0n) is 11.3. The molecule has 0 aliphatic rings. The van der Waals surface area contributed by atoms with Gasteiger partial charge in [0, 0.05) is 17.6 Å². The molecule has 102 valence electrons. The van der Waals surface area contributed by atoms with Gasteiger partial charge < -0.3 is 15.2 Å². The van der Waals surface area contributed by atoms with Gasteiger partial charge in [-0.2, -0.15) is 0 Å². The summed E-state index contributed by atoms with van der Waals surface area (Å²) in [4.78, 5) is 0. The van der Waals surface area contributed by atoms with E-state index in [1.807, 2.05) is 19.1 Å². The molecule has 1 aromatic carbocycles. The molecule has 0 aromatic heterocycles. The lowest BCUT2D eigenvalue weighted by Gasteiger charge is -2.18. The molecule has 2 unspecified atom stereocenters. The SMILES string of the molecule is CCC(N)Cc1cc(Br)ccc1OC(C)COC. The number of benzene rings is 1. The molecule has 3 nitrogen and oxygen atoms in total. The summed E-state index contributed by atoms with van der Waals surface area (Å²) in [5.41, 5.74) is 7.16. The van der Waals surface area contributed by atoms with Gasteiger partial charge in [-0.3, -0.25) is 0 Å². The summed E-state index contributed by atoms with van der Waals surface area (Å²) in [5, 5.41) is 0. The highest BCUT2D eigenvalue weighted by molar-refractivity contribution is 9.10. The fraction of sp³-hybridized carbons (Fsp3) is 0.571. The van der Waals surface area contributed by atoms with Crippen LogP contribution < -0.4 is 10.5 Å². The van der Waals surface area contributed by atoms with Crippen molar-refractivity contribution in [1.29, 1.82) is 0 Å². The van der Waals surface area contributed by atoms with Crippen molar-refractivity contribution < 1.29 is 9.47 Å². The number of halogens is 1. The minimum absolute atomic E-state index is 0.0350. The van der Waals surface area contributed by atoms with E-state index < -0.39 is 0 Å². The number of rotatable bonds is 7. The van der Waals surface area contributed by atoms with Crippen LogP contribution in [0.1, 0.15) is 25.8 Å². The number of ether oxygens (including phenoxy) is 2. The highest BCUT2D eigenvalue weighted by Crippen LogP contribution is 2.25. The standard InChI is InChI=1S/C14H22BrNO2/c1-4-13(16)8-11-7-12(15)5-6-14(11)18-10(2)9-17-3/h5-7,10,13H,4,8-9,16H2,1-3H3. The summed E-state index contributed by atoms with van der Waals surface area (Å²) in [5.74, 6) is 0.895. The zero-order valence-corrected chi connectivity index (χ0v) is 12.9. The molecular weight excluding hydrogens is 294 g/mol. The second-order valence-corrected chi connectivity index (χ2v) is 5.42. The lowest BCUT2D eigenvalue weighted by atomic mass is 10.0. The maximum absolute atomic E-state index is 6.02. The van der Waals surface area contributed by atoms with Crippen molar-refractivity contribution in [3.8, 4) is 5.75 Å². The predicted octanol–water partition coefficient (Wildman–Crippen LogP) is 3.14. The monoisotopic (exact) mass is 315 g/mol. The van der Waals surface area contributed by atoms with E-state index in [-0.39, 0.29) is 12.1 Å². The first-order valence-corrected chi connectivity index (χ1v) is 7.05. The first-order valence-electron chi connectivity index (χ1n) is 6.26. The Kier molecular flexibility index (Phi) is 6.68. The van der Waals surface area contributed by atoms with E-state index in [0.717, 1.165) is 28.6 Å². The van der Waals surface area contributed by atoms with Crippen LogP contribution in [0.3, 0.4) is 0 Å². The summed E-state index contributed by atoms with van der Waals surface area (Å²) in [7, 11) is 1.68. The molecule has 4 heteroatoms. The van der Waals surface area contributed by atoms with E-state index in [1.165, 1.54) is 0 Å². The molecule has 2 atom stereocenters. The van der Waals surface area contributed by atoms with E-state index in [4.69, 9.17) is 15.2 Å². The van der Waals surface area contributed by atoms with Crippen molar-refractivity contribution in [2.45, 2.75) is 38.8 Å². The molecule has 0 aliphatic heterocycles. The second kappa shape index (κ2) is 7.77. The molecule has 0 radical (unpaired) electrons. The largest absolute Gasteiger partial charge is 0.488 e. The summed E-state index contributed by atoms with van der Waals surface area (Å²) in [6, 6.07) is 6.20. The Morgan fingerprint density at radius 1 is 1.39 bits per heavy atom. The molecule has 0 saturated heterocycles. The Morgan fingerprint density at radius 2 is 2.11 bits per heavy atom. The topological polar surface area (TPSA) is 44.5 Å². The maximum Gasteiger partial charge on any atom is 0.123 e. The molecule has 0 spiro atoms. The third kappa shape index (κ3) is 4.96. The molecular formula is C14H22BrNO2. The van der Waals surface area contributed by atoms with E-state index >= 15 is 0 Å². The summed E-state index contributed by atoms with van der Waals surface area (Å²) in [6.45, 7) is 4.67. The van der Waals surface area contributed by atoms with Gasteiger partial charge in [-0.25, -0.2) is 0 Å². The number of nitrogens with two attached hydrogens (primary N) is 1. The van der Waals surface area contributed by atoms with Gasteiger partial charge >= 0.3 is 0 Å². The van der Waals surface area contributed by atoms with Crippen LogP contribution in [-0.4, -0.2) is 25.9 Å². The molecule has 18 heavy (non-hydrogen) atoms. The van der Waals surface area contributed by atoms with Crippen LogP contribution in [0.15, 0.2) is 22.7 Å². The van der Waals surface area contributed by atoms with Crippen LogP contribution in [0.5, 0.6) is 5.75 Å². The van der Waals surface area contributed by atoms with Gasteiger partial charge in [0.25, 0.3) is 0 Å². The van der Waals surface area contributed by atoms with Crippen molar-refractivity contribution in [2.75, 3.05) is 13.7 Å². The van der Waals surface area contributed by atoms with Crippen LogP contribution in [-0.2, 0) is 11.2 Å². The van der Waals surface area contributed by atoms with Gasteiger partial charge in [-0.05, 0) is 43.5 Å². The fourth-order valence-corrected chi connectivity index (χ4v) is 2.14. The average molecular weight is 316 g/mol. The van der Waals surface area contributed by atoms with Gasteiger partial charge in [-0.1, -0.05) is 22.9 Å². The van der Waals surface area contributed by atoms with Crippen molar-refractivity contribution in [3.63, 3.8) is 0 Å². The normalized spacial score (nSPS) is 14.3. The molecule has 0 bridgehead atoms. The Balaban J connectivity index is 2.82. The Hall–Kier alpha value is -0.580. The van der Waals surface area contributed by atoms with E-state index in [2.05, 4.69) is 28.9 Å². The second-order valence-electron chi connectivity index (χ2n) is 4.51. The first-order chi connectivity index (χ1) is 8.56. The van der Waals surface area contributed by atoms with Crippen LogP contribution in [0.2, 0.25) is 0 Å². The fourth-order valence-electron chi connectivity index (χ4n) is 1.73. The van der Waals surface area contributed by atoms with Gasteiger partial charge in [-0.15, -0.1) is 0 Å². The van der Waals surface area contributed by atoms with Gasteiger partial charge in [0.1, 0.15) is 11.9 Å². The van der Waals surface area contributed by atoms with Gasteiger partial charge in [0.15, 0.2) is 0 Å². The molecule has 2 N–H and O–H groups in total. The van der Waals surface area contributed by atoms with Crippen molar-refractivity contribution >= 4 is 15.9 Å². The summed E-state index contributed by atoms with van der Waals surface area (Å²) in [6.07, 6.45) is 1.82. The maximum atomic E-state index is 6.02. The van der Waals surface area contributed by atoms with Crippen molar-refractivity contribution in [1.82, 2.24) is 0 Å². The molecule has 0 saturated carbocycles. The Bertz CT molecular complexity index is 371. The molecule has 0 fully saturated rings. The first kappa shape index (κ1) is 15.5. The highest BCUT2D eigenvalue weighted by atomic mass is 79.9. The Labute approximate surface area is 118 Å². The minimum Gasteiger partial charge on any atom is -0.488 e. The lowest BCUT2D eigenvalue weighted by Crippen LogP contribution is -2.23. The van der Waals surface area contributed by atoms with Crippen LogP contribution in [0.4, 0.5) is 0 Å². The van der Waals surface area contributed by atoms with Crippen LogP contribution in [0.25, 0.3) is 0 Å². The van der Waals surface area contributed by atoms with E-state index in [9.17, 15) is 0 Å². The predicted molar refractivity (Wildman–Crippen MR) is 78.1 cm³/mol. The molecule has 1 rings (SSSR count). The third-order valence-corrected chi connectivity index (χ3v) is 3.25. The van der Waals surface area contributed by atoms with Crippen LogP contribution >= 0.6 is 15.9 Å². The van der Waals surface area contributed by atoms with Crippen molar-refractivity contribution in [2.24, 2.45) is 5.73 Å². The quantitative estimate of drug-likeness (QED) is 0.840. The molecule has 0 amide bonds. The molecule has 0 aliphatic carbocycles. The number of hydrogen-bond donors (Lipinski definition) is 1. The van der Waals surface area contributed by atoms with Crippen LogP contribution in [0, 0.1) is 0 Å². The van der Waals surface area contributed by atoms with Crippen molar-refractivity contribution in [3.05, 3.63) is 28.2 Å². The smallest absolute Gasteiger partial charge is 0.123 e. The van der Waals surface area contributed by atoms with E-state index in [1.54, 1.807) is 7.11 Å². The summed E-state index contributed by atoms with van der Waals surface area (Å²) < 4.78 is 12.0.